The number of piperidine rings is 2. The van der Waals surface area contributed by atoms with Crippen molar-refractivity contribution in [2.75, 3.05) is 26.2 Å². The van der Waals surface area contributed by atoms with Gasteiger partial charge in [0.1, 0.15) is 10.3 Å². The van der Waals surface area contributed by atoms with Gasteiger partial charge in [-0.25, -0.2) is 4.98 Å². The first-order valence-electron chi connectivity index (χ1n) is 7.90. The lowest BCUT2D eigenvalue weighted by Gasteiger charge is -2.40. The van der Waals surface area contributed by atoms with E-state index in [-0.39, 0.29) is 5.91 Å². The monoisotopic (exact) mass is 351 g/mol. The van der Waals surface area contributed by atoms with Gasteiger partial charge < -0.3 is 9.80 Å². The number of hydrogen-bond donors (Lipinski definition) is 0. The Morgan fingerprint density at radius 1 is 1.10 bits per heavy atom. The zero-order valence-electron chi connectivity index (χ0n) is 12.3. The molecule has 5 heteroatoms. The topological polar surface area (TPSA) is 36.4 Å². The number of carbonyl (C=O) groups excluding carboxylic acids is 1. The number of likely N-dealkylation sites (tertiary alicyclic amines) is 2. The Balaban J connectivity index is 1.56. The van der Waals surface area contributed by atoms with Crippen LogP contribution in [-0.4, -0.2) is 52.9 Å². The molecule has 1 aromatic rings. The fraction of sp³-hybridized carbons (Fsp3) is 0.625. The van der Waals surface area contributed by atoms with Crippen LogP contribution in [0, 0.1) is 0 Å². The first-order chi connectivity index (χ1) is 10.2. The molecule has 0 saturated carbocycles. The second-order valence-electron chi connectivity index (χ2n) is 5.97. The van der Waals surface area contributed by atoms with Gasteiger partial charge in [-0.15, -0.1) is 0 Å². The average Bonchev–Trinajstić information content (AvgIpc) is 2.55. The van der Waals surface area contributed by atoms with E-state index in [1.807, 2.05) is 17.0 Å². The van der Waals surface area contributed by atoms with Gasteiger partial charge in [-0.3, -0.25) is 4.79 Å². The highest BCUT2D eigenvalue weighted by Crippen LogP contribution is 2.21. The van der Waals surface area contributed by atoms with Crippen LogP contribution in [0.5, 0.6) is 0 Å². The summed E-state index contributed by atoms with van der Waals surface area (Å²) in [6.07, 6.45) is 6.24. The minimum absolute atomic E-state index is 0.0633. The van der Waals surface area contributed by atoms with Crippen LogP contribution < -0.4 is 0 Å². The smallest absolute Gasteiger partial charge is 0.272 e. The molecule has 0 radical (unpaired) electrons. The maximum absolute atomic E-state index is 12.5. The highest BCUT2D eigenvalue weighted by molar-refractivity contribution is 9.10. The third kappa shape index (κ3) is 3.64. The van der Waals surface area contributed by atoms with Crippen molar-refractivity contribution in [1.29, 1.82) is 0 Å². The van der Waals surface area contributed by atoms with Crippen molar-refractivity contribution < 1.29 is 4.79 Å². The van der Waals surface area contributed by atoms with Gasteiger partial charge in [0.25, 0.3) is 5.91 Å². The summed E-state index contributed by atoms with van der Waals surface area (Å²) in [5.74, 6) is 0.0633. The average molecular weight is 352 g/mol. The highest BCUT2D eigenvalue weighted by Gasteiger charge is 2.28. The summed E-state index contributed by atoms with van der Waals surface area (Å²) in [5.41, 5.74) is 0.542. The minimum atomic E-state index is 0.0633. The number of rotatable bonds is 2. The predicted molar refractivity (Wildman–Crippen MR) is 86.3 cm³/mol. The number of halogens is 1. The lowest BCUT2D eigenvalue weighted by atomic mass is 9.99. The molecule has 0 bridgehead atoms. The van der Waals surface area contributed by atoms with Crippen molar-refractivity contribution in [2.24, 2.45) is 0 Å². The zero-order valence-corrected chi connectivity index (χ0v) is 13.9. The largest absolute Gasteiger partial charge is 0.337 e. The van der Waals surface area contributed by atoms with Crippen molar-refractivity contribution in [3.8, 4) is 0 Å². The van der Waals surface area contributed by atoms with Gasteiger partial charge in [-0.2, -0.15) is 0 Å². The van der Waals surface area contributed by atoms with E-state index in [0.29, 0.717) is 11.7 Å². The summed E-state index contributed by atoms with van der Waals surface area (Å²) < 4.78 is 0.719. The molecule has 3 heterocycles. The SMILES string of the molecule is O=C(c1cccc(Br)n1)N1CCC(N2CCCCC2)CC1. The summed E-state index contributed by atoms with van der Waals surface area (Å²) in [6, 6.07) is 6.18. The van der Waals surface area contributed by atoms with Crippen LogP contribution in [0.15, 0.2) is 22.8 Å². The van der Waals surface area contributed by atoms with Crippen molar-refractivity contribution >= 4 is 21.8 Å². The molecule has 21 heavy (non-hydrogen) atoms. The first kappa shape index (κ1) is 15.0. The lowest BCUT2D eigenvalue weighted by Crippen LogP contribution is -2.48. The second-order valence-corrected chi connectivity index (χ2v) is 6.78. The summed E-state index contributed by atoms with van der Waals surface area (Å²) in [5, 5.41) is 0. The molecule has 0 N–H and O–H groups in total. The second kappa shape index (κ2) is 6.88. The van der Waals surface area contributed by atoms with Crippen LogP contribution in [0.3, 0.4) is 0 Å². The van der Waals surface area contributed by atoms with Crippen molar-refractivity contribution in [3.63, 3.8) is 0 Å². The Hall–Kier alpha value is -0.940. The number of nitrogens with zero attached hydrogens (tertiary/aromatic N) is 3. The van der Waals surface area contributed by atoms with Gasteiger partial charge in [0.05, 0.1) is 0 Å². The standard InChI is InChI=1S/C16H22BrN3O/c17-15-6-4-5-14(18-15)16(21)20-11-7-13(8-12-20)19-9-2-1-3-10-19/h4-6,13H,1-3,7-12H2. The molecular weight excluding hydrogens is 330 g/mol. The molecule has 0 atom stereocenters. The maximum atomic E-state index is 12.5. The van der Waals surface area contributed by atoms with E-state index < -0.39 is 0 Å². The normalized spacial score (nSPS) is 21.5. The molecule has 0 unspecified atom stereocenters. The molecule has 4 nitrogen and oxygen atoms in total. The fourth-order valence-corrected chi connectivity index (χ4v) is 3.75. The highest BCUT2D eigenvalue weighted by atomic mass is 79.9. The van der Waals surface area contributed by atoms with Crippen LogP contribution in [0.1, 0.15) is 42.6 Å². The Morgan fingerprint density at radius 2 is 1.81 bits per heavy atom. The van der Waals surface area contributed by atoms with Gasteiger partial charge in [-0.05, 0) is 66.8 Å². The molecule has 0 spiro atoms. The number of carbonyl (C=O) groups is 1. The van der Waals surface area contributed by atoms with E-state index in [4.69, 9.17) is 0 Å². The summed E-state index contributed by atoms with van der Waals surface area (Å²) in [7, 11) is 0. The molecule has 2 aliphatic heterocycles. The molecule has 1 aromatic heterocycles. The van der Waals surface area contributed by atoms with E-state index >= 15 is 0 Å². The Morgan fingerprint density at radius 3 is 2.48 bits per heavy atom. The van der Waals surface area contributed by atoms with Crippen LogP contribution in [0.25, 0.3) is 0 Å². The zero-order chi connectivity index (χ0) is 14.7. The van der Waals surface area contributed by atoms with E-state index in [9.17, 15) is 4.79 Å². The molecule has 2 fully saturated rings. The Kier molecular flexibility index (Phi) is 4.91. The lowest BCUT2D eigenvalue weighted by molar-refractivity contribution is 0.0584. The third-order valence-corrected chi connectivity index (χ3v) is 5.03. The summed E-state index contributed by atoms with van der Waals surface area (Å²) in [4.78, 5) is 21.3. The maximum Gasteiger partial charge on any atom is 0.272 e. The molecule has 1 amide bonds. The minimum Gasteiger partial charge on any atom is -0.337 e. The molecular formula is C16H22BrN3O. The van der Waals surface area contributed by atoms with E-state index in [1.54, 1.807) is 6.07 Å². The van der Waals surface area contributed by atoms with Gasteiger partial charge >= 0.3 is 0 Å². The van der Waals surface area contributed by atoms with Crippen LogP contribution in [0.4, 0.5) is 0 Å². The molecule has 3 rings (SSSR count). The van der Waals surface area contributed by atoms with Gasteiger partial charge in [0.2, 0.25) is 0 Å². The van der Waals surface area contributed by atoms with Crippen LogP contribution in [0.2, 0.25) is 0 Å². The van der Waals surface area contributed by atoms with Gasteiger partial charge in [0, 0.05) is 19.1 Å². The fourth-order valence-electron chi connectivity index (χ4n) is 3.41. The Bertz CT molecular complexity index is 494. The number of aromatic nitrogens is 1. The predicted octanol–water partition coefficient (Wildman–Crippen LogP) is 2.93. The van der Waals surface area contributed by atoms with Crippen molar-refractivity contribution in [3.05, 3.63) is 28.5 Å². The van der Waals surface area contributed by atoms with Gasteiger partial charge in [0.15, 0.2) is 0 Å². The van der Waals surface area contributed by atoms with Crippen molar-refractivity contribution in [2.45, 2.75) is 38.1 Å². The molecule has 114 valence electrons. The number of hydrogen-bond acceptors (Lipinski definition) is 3. The van der Waals surface area contributed by atoms with Gasteiger partial charge in [-0.1, -0.05) is 12.5 Å². The number of amides is 1. The van der Waals surface area contributed by atoms with E-state index in [1.165, 1.54) is 32.4 Å². The van der Waals surface area contributed by atoms with E-state index in [0.717, 1.165) is 30.5 Å². The Labute approximate surface area is 134 Å². The first-order valence-corrected chi connectivity index (χ1v) is 8.69. The van der Waals surface area contributed by atoms with Crippen molar-refractivity contribution in [1.82, 2.24) is 14.8 Å². The summed E-state index contributed by atoms with van der Waals surface area (Å²) in [6.45, 7) is 4.19. The molecule has 2 saturated heterocycles. The summed E-state index contributed by atoms with van der Waals surface area (Å²) >= 11 is 3.33. The van der Waals surface area contributed by atoms with Crippen LogP contribution in [-0.2, 0) is 0 Å². The number of pyridine rings is 1. The molecule has 2 aliphatic rings. The molecule has 0 aliphatic carbocycles. The quantitative estimate of drug-likeness (QED) is 0.768. The van der Waals surface area contributed by atoms with Crippen LogP contribution >= 0.6 is 15.9 Å². The molecule has 0 aromatic carbocycles. The van der Waals surface area contributed by atoms with E-state index in [2.05, 4.69) is 25.8 Å². The third-order valence-electron chi connectivity index (χ3n) is 4.59.